The first-order chi connectivity index (χ1) is 12.4. The number of hydrogen-bond acceptors (Lipinski definition) is 3. The summed E-state index contributed by atoms with van der Waals surface area (Å²) in [4.78, 5) is 25.0. The van der Waals surface area contributed by atoms with E-state index in [9.17, 15) is 31.5 Å². The van der Waals surface area contributed by atoms with Gasteiger partial charge in [0.15, 0.2) is 5.69 Å². The molecule has 3 heterocycles. The van der Waals surface area contributed by atoms with Gasteiger partial charge in [0.05, 0.1) is 17.1 Å². The molecule has 0 saturated carbocycles. The number of amides is 2. The van der Waals surface area contributed by atoms with Gasteiger partial charge < -0.3 is 10.2 Å². The molecule has 1 fully saturated rings. The minimum absolute atomic E-state index is 0.110. The molecule has 1 aliphatic rings. The van der Waals surface area contributed by atoms with E-state index in [1.54, 1.807) is 0 Å². The molecular formula is C15H12ClF5N4O2. The number of aromatic nitrogens is 2. The summed E-state index contributed by atoms with van der Waals surface area (Å²) >= 11 is 6.01. The number of alkyl halides is 5. The van der Waals surface area contributed by atoms with Crippen molar-refractivity contribution in [2.45, 2.75) is 19.0 Å². The van der Waals surface area contributed by atoms with Crippen LogP contribution in [-0.2, 0) is 16.9 Å². The Morgan fingerprint density at radius 2 is 1.93 bits per heavy atom. The Bertz CT molecular complexity index is 935. The van der Waals surface area contributed by atoms with Gasteiger partial charge in [-0.2, -0.15) is 18.3 Å². The normalized spacial score (nSPS) is 16.0. The van der Waals surface area contributed by atoms with Crippen LogP contribution in [0, 0.1) is 0 Å². The fraction of sp³-hybridized carbons (Fsp3) is 0.400. The maximum absolute atomic E-state index is 13.6. The van der Waals surface area contributed by atoms with Crippen LogP contribution in [-0.4, -0.2) is 46.0 Å². The van der Waals surface area contributed by atoms with Crippen LogP contribution in [0.15, 0.2) is 12.1 Å². The van der Waals surface area contributed by atoms with Crippen molar-refractivity contribution in [3.05, 3.63) is 34.1 Å². The van der Waals surface area contributed by atoms with Gasteiger partial charge in [0.2, 0.25) is 5.91 Å². The third-order valence-electron chi connectivity index (χ3n) is 4.00. The lowest BCUT2D eigenvalue weighted by molar-refractivity contribution is -0.142. The quantitative estimate of drug-likeness (QED) is 0.774. The third kappa shape index (κ3) is 3.55. The molecule has 3 rings (SSSR count). The number of piperazine rings is 1. The Morgan fingerprint density at radius 1 is 1.26 bits per heavy atom. The van der Waals surface area contributed by atoms with Gasteiger partial charge in [-0.15, -0.1) is 0 Å². The lowest BCUT2D eigenvalue weighted by Gasteiger charge is -2.25. The fourth-order valence-corrected chi connectivity index (χ4v) is 2.92. The smallest absolute Gasteiger partial charge is 0.353 e. The van der Waals surface area contributed by atoms with Gasteiger partial charge in [-0.05, 0) is 12.1 Å². The minimum atomic E-state index is -5.01. The highest BCUT2D eigenvalue weighted by Gasteiger charge is 2.39. The maximum Gasteiger partial charge on any atom is 0.433 e. The fourth-order valence-electron chi connectivity index (χ4n) is 2.67. The predicted molar refractivity (Wildman–Crippen MR) is 83.7 cm³/mol. The maximum atomic E-state index is 13.6. The van der Waals surface area contributed by atoms with E-state index in [4.69, 9.17) is 11.6 Å². The molecule has 1 N–H and O–H groups in total. The van der Waals surface area contributed by atoms with Crippen LogP contribution in [0.3, 0.4) is 0 Å². The lowest BCUT2D eigenvalue weighted by atomic mass is 10.1. The molecule has 0 unspecified atom stereocenters. The summed E-state index contributed by atoms with van der Waals surface area (Å²) in [5.74, 6) is -4.88. The second-order valence-electron chi connectivity index (χ2n) is 6.05. The van der Waals surface area contributed by atoms with Gasteiger partial charge in [-0.25, -0.2) is 13.3 Å². The Labute approximate surface area is 153 Å². The number of halogens is 6. The van der Waals surface area contributed by atoms with Crippen molar-refractivity contribution in [2.75, 3.05) is 19.6 Å². The van der Waals surface area contributed by atoms with Crippen molar-refractivity contribution in [2.24, 2.45) is 0 Å². The number of carbonyl (C=O) groups excluding carboxylic acids is 2. The van der Waals surface area contributed by atoms with Gasteiger partial charge in [-0.3, -0.25) is 9.59 Å². The number of nitrogens with one attached hydrogen (secondary N) is 1. The first kappa shape index (κ1) is 19.3. The first-order valence-corrected chi connectivity index (χ1v) is 8.01. The summed E-state index contributed by atoms with van der Waals surface area (Å²) in [6.45, 7) is 0.407. The summed E-state index contributed by atoms with van der Waals surface area (Å²) in [5.41, 5.74) is -3.43. The molecule has 1 aliphatic heterocycles. The summed E-state index contributed by atoms with van der Waals surface area (Å²) in [6.07, 6.45) is -5.01. The Hall–Kier alpha value is -2.43. The van der Waals surface area contributed by atoms with Crippen molar-refractivity contribution < 1.29 is 31.5 Å². The van der Waals surface area contributed by atoms with Crippen molar-refractivity contribution in [1.29, 1.82) is 0 Å². The van der Waals surface area contributed by atoms with E-state index in [-0.39, 0.29) is 25.7 Å². The molecule has 2 aromatic rings. The number of pyridine rings is 1. The Morgan fingerprint density at radius 3 is 2.48 bits per heavy atom. The molecule has 27 heavy (non-hydrogen) atoms. The van der Waals surface area contributed by atoms with Gasteiger partial charge in [0.25, 0.3) is 11.8 Å². The van der Waals surface area contributed by atoms with Crippen LogP contribution >= 0.6 is 11.6 Å². The second-order valence-corrected chi connectivity index (χ2v) is 6.43. The Kier molecular flexibility index (Phi) is 4.53. The number of nitrogens with zero attached hydrogens (tertiary/aromatic N) is 3. The molecule has 0 spiro atoms. The highest BCUT2D eigenvalue weighted by atomic mass is 35.5. The number of fused-ring (bicyclic) bond motifs is 1. The van der Waals surface area contributed by atoms with Crippen LogP contribution < -0.4 is 5.32 Å². The zero-order valence-electron chi connectivity index (χ0n) is 13.7. The van der Waals surface area contributed by atoms with Crippen molar-refractivity contribution in [3.8, 4) is 0 Å². The van der Waals surface area contributed by atoms with Crippen LogP contribution in [0.25, 0.3) is 5.52 Å². The predicted octanol–water partition coefficient (Wildman–Crippen LogP) is 2.69. The molecule has 1 saturated heterocycles. The molecule has 0 aliphatic carbocycles. The van der Waals surface area contributed by atoms with E-state index in [0.29, 0.717) is 11.4 Å². The zero-order valence-corrected chi connectivity index (χ0v) is 14.5. The largest absolute Gasteiger partial charge is 0.433 e. The van der Waals surface area contributed by atoms with E-state index in [1.807, 2.05) is 0 Å². The van der Waals surface area contributed by atoms with E-state index in [2.05, 4.69) is 10.4 Å². The SMILES string of the molecule is CC(F)(F)c1cc(C(F)(F)F)n2nc(C(=O)N3CCNC(=O)C3)c(Cl)c2c1. The van der Waals surface area contributed by atoms with Crippen LogP contribution in [0.5, 0.6) is 0 Å². The van der Waals surface area contributed by atoms with Crippen molar-refractivity contribution >= 4 is 28.9 Å². The molecule has 146 valence electrons. The van der Waals surface area contributed by atoms with E-state index < -0.39 is 51.4 Å². The van der Waals surface area contributed by atoms with Crippen molar-refractivity contribution in [1.82, 2.24) is 19.8 Å². The highest BCUT2D eigenvalue weighted by molar-refractivity contribution is 6.36. The van der Waals surface area contributed by atoms with E-state index >= 15 is 0 Å². The monoisotopic (exact) mass is 410 g/mol. The summed E-state index contributed by atoms with van der Waals surface area (Å²) in [7, 11) is 0. The van der Waals surface area contributed by atoms with E-state index in [1.165, 1.54) is 0 Å². The van der Waals surface area contributed by atoms with Gasteiger partial charge in [0.1, 0.15) is 5.69 Å². The lowest BCUT2D eigenvalue weighted by Crippen LogP contribution is -2.50. The van der Waals surface area contributed by atoms with Gasteiger partial charge >= 0.3 is 6.18 Å². The second kappa shape index (κ2) is 6.32. The van der Waals surface area contributed by atoms with Crippen LogP contribution in [0.1, 0.15) is 28.7 Å². The van der Waals surface area contributed by atoms with Crippen LogP contribution in [0.2, 0.25) is 5.02 Å². The summed E-state index contributed by atoms with van der Waals surface area (Å²) in [6, 6.07) is 1.02. The van der Waals surface area contributed by atoms with Gasteiger partial charge in [0, 0.05) is 25.6 Å². The Balaban J connectivity index is 2.18. The van der Waals surface area contributed by atoms with Crippen LogP contribution in [0.4, 0.5) is 22.0 Å². The molecule has 2 aromatic heterocycles. The number of hydrogen-bond donors (Lipinski definition) is 1. The van der Waals surface area contributed by atoms with E-state index in [0.717, 1.165) is 11.0 Å². The summed E-state index contributed by atoms with van der Waals surface area (Å²) < 4.78 is 67.6. The zero-order chi connectivity index (χ0) is 20.1. The molecule has 2 amide bonds. The standard InChI is InChI=1S/C15H12ClF5N4O2/c1-14(17,18)7-4-8-11(16)12(13(27)24-3-2-22-10(26)6-24)23-25(8)9(5-7)15(19,20)21/h4-5H,2-3,6H2,1H3,(H,22,26). The summed E-state index contributed by atoms with van der Waals surface area (Å²) in [5, 5.41) is 5.59. The molecule has 0 bridgehead atoms. The number of carbonyl (C=O) groups is 2. The topological polar surface area (TPSA) is 66.7 Å². The molecule has 0 aromatic carbocycles. The average molecular weight is 411 g/mol. The molecule has 0 radical (unpaired) electrons. The third-order valence-corrected chi connectivity index (χ3v) is 4.37. The number of rotatable bonds is 2. The highest BCUT2D eigenvalue weighted by Crippen LogP contribution is 2.37. The first-order valence-electron chi connectivity index (χ1n) is 7.63. The average Bonchev–Trinajstić information content (AvgIpc) is 2.88. The molecule has 12 heteroatoms. The van der Waals surface area contributed by atoms with Gasteiger partial charge in [-0.1, -0.05) is 11.6 Å². The minimum Gasteiger partial charge on any atom is -0.353 e. The molecule has 0 atom stereocenters. The molecular weight excluding hydrogens is 399 g/mol. The molecule has 6 nitrogen and oxygen atoms in total. The van der Waals surface area contributed by atoms with Crippen molar-refractivity contribution in [3.63, 3.8) is 0 Å².